The van der Waals surface area contributed by atoms with Gasteiger partial charge in [-0.2, -0.15) is 10.1 Å². The molecule has 0 spiro atoms. The van der Waals surface area contributed by atoms with Gasteiger partial charge in [0, 0.05) is 37.3 Å². The molecule has 164 valence electrons. The Bertz CT molecular complexity index is 1300. The van der Waals surface area contributed by atoms with Crippen molar-refractivity contribution in [2.75, 3.05) is 0 Å². The SMILES string of the molecule is Cc1nc(-c2ccc(-c3ccc(CNCc4cnn(Cc5ccccc5)c4)cc3)cc2)no1. The van der Waals surface area contributed by atoms with Crippen LogP contribution >= 0.6 is 0 Å². The summed E-state index contributed by atoms with van der Waals surface area (Å²) in [5.74, 6) is 1.19. The van der Waals surface area contributed by atoms with Crippen LogP contribution in [0, 0.1) is 6.92 Å². The molecule has 5 aromatic rings. The summed E-state index contributed by atoms with van der Waals surface area (Å²) in [7, 11) is 0. The van der Waals surface area contributed by atoms with Crippen LogP contribution in [0.25, 0.3) is 22.5 Å². The van der Waals surface area contributed by atoms with Crippen LogP contribution in [0.4, 0.5) is 0 Å². The lowest BCUT2D eigenvalue weighted by Gasteiger charge is -2.06. The summed E-state index contributed by atoms with van der Waals surface area (Å²) in [6.07, 6.45) is 4.03. The predicted octanol–water partition coefficient (Wildman–Crippen LogP) is 5.25. The highest BCUT2D eigenvalue weighted by Gasteiger charge is 2.06. The topological polar surface area (TPSA) is 68.8 Å². The van der Waals surface area contributed by atoms with Crippen LogP contribution in [0.2, 0.25) is 0 Å². The lowest BCUT2D eigenvalue weighted by molar-refractivity contribution is 0.394. The van der Waals surface area contributed by atoms with Crippen molar-refractivity contribution in [3.05, 3.63) is 114 Å². The second-order valence-corrected chi connectivity index (χ2v) is 8.05. The van der Waals surface area contributed by atoms with Gasteiger partial charge >= 0.3 is 0 Å². The zero-order chi connectivity index (χ0) is 22.5. The molecule has 0 aliphatic rings. The van der Waals surface area contributed by atoms with E-state index in [9.17, 15) is 0 Å². The number of benzene rings is 3. The van der Waals surface area contributed by atoms with Crippen molar-refractivity contribution in [2.45, 2.75) is 26.6 Å². The van der Waals surface area contributed by atoms with E-state index >= 15 is 0 Å². The van der Waals surface area contributed by atoms with Crippen LogP contribution in [0.3, 0.4) is 0 Å². The predicted molar refractivity (Wildman–Crippen MR) is 128 cm³/mol. The van der Waals surface area contributed by atoms with Crippen molar-refractivity contribution >= 4 is 0 Å². The van der Waals surface area contributed by atoms with Crippen molar-refractivity contribution in [1.29, 1.82) is 0 Å². The summed E-state index contributed by atoms with van der Waals surface area (Å²) < 4.78 is 7.04. The lowest BCUT2D eigenvalue weighted by atomic mass is 10.0. The van der Waals surface area contributed by atoms with E-state index in [-0.39, 0.29) is 0 Å². The molecule has 0 bridgehead atoms. The molecule has 0 aliphatic carbocycles. The molecule has 5 rings (SSSR count). The van der Waals surface area contributed by atoms with Crippen LogP contribution in [0.15, 0.2) is 95.8 Å². The highest BCUT2D eigenvalue weighted by atomic mass is 16.5. The minimum absolute atomic E-state index is 0.569. The number of hydrogen-bond donors (Lipinski definition) is 1. The van der Waals surface area contributed by atoms with Gasteiger partial charge in [0.15, 0.2) is 0 Å². The van der Waals surface area contributed by atoms with E-state index in [0.29, 0.717) is 11.7 Å². The fraction of sp³-hybridized carbons (Fsp3) is 0.148. The third kappa shape index (κ3) is 5.25. The Morgan fingerprint density at radius 1 is 0.758 bits per heavy atom. The Kier molecular flexibility index (Phi) is 6.08. The van der Waals surface area contributed by atoms with Gasteiger partial charge in [0.25, 0.3) is 0 Å². The minimum Gasteiger partial charge on any atom is -0.339 e. The Labute approximate surface area is 192 Å². The average Bonchev–Trinajstić information content (AvgIpc) is 3.49. The number of aryl methyl sites for hydroxylation is 1. The first-order valence-corrected chi connectivity index (χ1v) is 11.0. The van der Waals surface area contributed by atoms with E-state index in [1.807, 2.05) is 29.1 Å². The molecular weight excluding hydrogens is 410 g/mol. The zero-order valence-corrected chi connectivity index (χ0v) is 18.5. The second-order valence-electron chi connectivity index (χ2n) is 8.05. The smallest absolute Gasteiger partial charge is 0.223 e. The van der Waals surface area contributed by atoms with Gasteiger partial charge in [0.1, 0.15) is 0 Å². The summed E-state index contributed by atoms with van der Waals surface area (Å²) in [5, 5.41) is 12.0. The summed E-state index contributed by atoms with van der Waals surface area (Å²) in [4.78, 5) is 4.28. The quantitative estimate of drug-likeness (QED) is 0.361. The maximum Gasteiger partial charge on any atom is 0.223 e. The van der Waals surface area contributed by atoms with E-state index in [1.165, 1.54) is 22.3 Å². The first kappa shape index (κ1) is 20.8. The van der Waals surface area contributed by atoms with Crippen molar-refractivity contribution in [2.24, 2.45) is 0 Å². The fourth-order valence-corrected chi connectivity index (χ4v) is 3.75. The molecule has 2 aromatic heterocycles. The number of rotatable bonds is 8. The number of nitrogens with one attached hydrogen (secondary N) is 1. The Hall–Kier alpha value is -4.03. The van der Waals surface area contributed by atoms with Crippen LogP contribution in [0.1, 0.15) is 22.6 Å². The molecule has 0 aliphatic heterocycles. The van der Waals surface area contributed by atoms with E-state index in [4.69, 9.17) is 4.52 Å². The van der Waals surface area contributed by atoms with E-state index in [2.05, 4.69) is 87.4 Å². The molecule has 6 heteroatoms. The first-order valence-electron chi connectivity index (χ1n) is 11.0. The molecule has 33 heavy (non-hydrogen) atoms. The van der Waals surface area contributed by atoms with Gasteiger partial charge in [-0.3, -0.25) is 4.68 Å². The van der Waals surface area contributed by atoms with Gasteiger partial charge in [0.2, 0.25) is 11.7 Å². The van der Waals surface area contributed by atoms with Crippen molar-refractivity contribution in [1.82, 2.24) is 25.2 Å². The van der Waals surface area contributed by atoms with Crippen molar-refractivity contribution in [3.8, 4) is 22.5 Å². The highest BCUT2D eigenvalue weighted by Crippen LogP contribution is 2.24. The molecule has 0 saturated heterocycles. The molecule has 0 saturated carbocycles. The number of aromatic nitrogens is 4. The van der Waals surface area contributed by atoms with Crippen LogP contribution in [0.5, 0.6) is 0 Å². The molecule has 0 fully saturated rings. The molecule has 3 aromatic carbocycles. The molecular formula is C27H25N5O. The van der Waals surface area contributed by atoms with Gasteiger partial charge < -0.3 is 9.84 Å². The third-order valence-electron chi connectivity index (χ3n) is 5.49. The van der Waals surface area contributed by atoms with Crippen LogP contribution in [-0.4, -0.2) is 19.9 Å². The number of hydrogen-bond acceptors (Lipinski definition) is 5. The summed E-state index contributed by atoms with van der Waals surface area (Å²) in [5.41, 5.74) is 6.96. The standard InChI is InChI=1S/C27H25N5O/c1-20-30-27(31-33-20)26-13-11-25(12-14-26)24-9-7-21(8-10-24)15-28-16-23-17-29-32(19-23)18-22-5-3-2-4-6-22/h2-14,17,19,28H,15-16,18H2,1H3. The molecule has 0 atom stereocenters. The molecule has 6 nitrogen and oxygen atoms in total. The molecule has 0 unspecified atom stereocenters. The molecule has 2 heterocycles. The monoisotopic (exact) mass is 435 g/mol. The highest BCUT2D eigenvalue weighted by molar-refractivity contribution is 5.67. The Balaban J connectivity index is 1.14. The van der Waals surface area contributed by atoms with Gasteiger partial charge in [-0.15, -0.1) is 0 Å². The van der Waals surface area contributed by atoms with E-state index in [1.54, 1.807) is 6.92 Å². The molecule has 0 amide bonds. The number of nitrogens with zero attached hydrogens (tertiary/aromatic N) is 4. The molecule has 0 radical (unpaired) electrons. The summed E-state index contributed by atoms with van der Waals surface area (Å²) >= 11 is 0. The van der Waals surface area contributed by atoms with Gasteiger partial charge in [-0.05, 0) is 22.3 Å². The maximum absolute atomic E-state index is 5.06. The van der Waals surface area contributed by atoms with Crippen LogP contribution < -0.4 is 5.32 Å². The normalized spacial score (nSPS) is 11.1. The van der Waals surface area contributed by atoms with Crippen molar-refractivity contribution in [3.63, 3.8) is 0 Å². The van der Waals surface area contributed by atoms with Crippen LogP contribution in [-0.2, 0) is 19.6 Å². The average molecular weight is 436 g/mol. The zero-order valence-electron chi connectivity index (χ0n) is 18.5. The third-order valence-corrected chi connectivity index (χ3v) is 5.49. The van der Waals surface area contributed by atoms with Gasteiger partial charge in [-0.25, -0.2) is 0 Å². The molecule has 1 N–H and O–H groups in total. The summed E-state index contributed by atoms with van der Waals surface area (Å²) in [6.45, 7) is 4.17. The van der Waals surface area contributed by atoms with Crippen molar-refractivity contribution < 1.29 is 4.52 Å². The minimum atomic E-state index is 0.569. The first-order chi connectivity index (χ1) is 16.2. The fourth-order valence-electron chi connectivity index (χ4n) is 3.75. The van der Waals surface area contributed by atoms with Gasteiger partial charge in [0.05, 0.1) is 12.7 Å². The summed E-state index contributed by atoms with van der Waals surface area (Å²) in [6, 6.07) is 27.2. The van der Waals surface area contributed by atoms with E-state index in [0.717, 1.165) is 30.8 Å². The van der Waals surface area contributed by atoms with E-state index < -0.39 is 0 Å². The van der Waals surface area contributed by atoms with Gasteiger partial charge in [-0.1, -0.05) is 84.0 Å². The maximum atomic E-state index is 5.06. The Morgan fingerprint density at radius 2 is 1.42 bits per heavy atom. The lowest BCUT2D eigenvalue weighted by Crippen LogP contribution is -2.12. The Morgan fingerprint density at radius 3 is 2.12 bits per heavy atom. The largest absolute Gasteiger partial charge is 0.339 e. The second kappa shape index (κ2) is 9.63.